The summed E-state index contributed by atoms with van der Waals surface area (Å²) in [4.78, 5) is 6.72. The van der Waals surface area contributed by atoms with Crippen molar-refractivity contribution in [2.24, 2.45) is 4.99 Å². The number of hydrogen-bond acceptors (Lipinski definition) is 5. The van der Waals surface area contributed by atoms with Gasteiger partial charge in [0.1, 0.15) is 11.9 Å². The normalized spacial score (nSPS) is 18.0. The van der Waals surface area contributed by atoms with Gasteiger partial charge in [0.2, 0.25) is 0 Å². The maximum absolute atomic E-state index is 11.5. The molecule has 1 aliphatic heterocycles. The molecule has 1 aromatic carbocycles. The molecule has 2 N–H and O–H groups in total. The van der Waals surface area contributed by atoms with Crippen LogP contribution in [0.4, 0.5) is 0 Å². The molecule has 1 fully saturated rings. The number of benzene rings is 1. The smallest absolute Gasteiger partial charge is 0.191 e. The average molecular weight is 545 g/mol. The predicted molar refractivity (Wildman–Crippen MR) is 126 cm³/mol. The quantitative estimate of drug-likeness (QED) is 0.296. The molecule has 0 spiro atoms. The summed E-state index contributed by atoms with van der Waals surface area (Å²) in [6.07, 6.45) is -0.0751. The molecule has 2 rings (SSSR count). The minimum atomic E-state index is -2.83. The fourth-order valence-electron chi connectivity index (χ4n) is 2.65. The Bertz CT molecular complexity index is 702. The molecule has 0 radical (unpaired) electrons. The summed E-state index contributed by atoms with van der Waals surface area (Å²) < 4.78 is 28.8. The van der Waals surface area contributed by atoms with E-state index in [4.69, 9.17) is 16.3 Å². The molecule has 1 unspecified atom stereocenters. The molecule has 1 heterocycles. The van der Waals surface area contributed by atoms with Gasteiger partial charge in [-0.2, -0.15) is 0 Å². The first-order valence-corrected chi connectivity index (χ1v) is 11.4. The third kappa shape index (κ3) is 9.62. The lowest BCUT2D eigenvalue weighted by Crippen LogP contribution is -2.46. The van der Waals surface area contributed by atoms with Crippen LogP contribution in [0.1, 0.15) is 13.8 Å². The second-order valence-corrected chi connectivity index (χ2v) is 9.26. The number of aliphatic imine (C=N–C) groups is 1. The van der Waals surface area contributed by atoms with Gasteiger partial charge < -0.3 is 15.4 Å². The number of ether oxygens (including phenoxy) is 1. The third-order valence-electron chi connectivity index (χ3n) is 4.16. The van der Waals surface area contributed by atoms with Crippen molar-refractivity contribution in [3.8, 4) is 5.75 Å². The highest BCUT2D eigenvalue weighted by Crippen LogP contribution is 2.16. The van der Waals surface area contributed by atoms with Crippen LogP contribution in [0, 0.1) is 0 Å². The van der Waals surface area contributed by atoms with Crippen LogP contribution in [0.15, 0.2) is 29.3 Å². The fraction of sp³-hybridized carbons (Fsp3) is 0.611. The molecular weight excluding hydrogens is 515 g/mol. The highest BCUT2D eigenvalue weighted by Gasteiger charge is 2.20. The second kappa shape index (κ2) is 12.7. The average Bonchev–Trinajstić information content (AvgIpc) is 2.63. The Morgan fingerprint density at radius 2 is 1.89 bits per heavy atom. The highest BCUT2D eigenvalue weighted by molar-refractivity contribution is 14.0. The molecule has 10 heteroatoms. The zero-order valence-corrected chi connectivity index (χ0v) is 20.3. The van der Waals surface area contributed by atoms with E-state index in [1.165, 1.54) is 0 Å². The number of halogens is 2. The molecule has 0 bridgehead atoms. The van der Waals surface area contributed by atoms with Gasteiger partial charge in [-0.05, 0) is 38.1 Å². The Kier molecular flexibility index (Phi) is 11.5. The van der Waals surface area contributed by atoms with Crippen molar-refractivity contribution in [3.63, 3.8) is 0 Å². The molecule has 1 aliphatic rings. The van der Waals surface area contributed by atoms with Crippen LogP contribution < -0.4 is 15.4 Å². The van der Waals surface area contributed by atoms with E-state index in [2.05, 4.69) is 20.5 Å². The van der Waals surface area contributed by atoms with E-state index in [9.17, 15) is 8.42 Å². The Balaban J connectivity index is 0.00000392. The van der Waals surface area contributed by atoms with E-state index in [1.54, 1.807) is 12.1 Å². The fourth-order valence-corrected chi connectivity index (χ4v) is 4.05. The van der Waals surface area contributed by atoms with Gasteiger partial charge in [0, 0.05) is 37.7 Å². The number of hydrogen-bond donors (Lipinski definition) is 2. The number of rotatable bonds is 8. The van der Waals surface area contributed by atoms with E-state index < -0.39 is 9.84 Å². The maximum Gasteiger partial charge on any atom is 0.191 e. The first kappa shape index (κ1) is 25.3. The Morgan fingerprint density at radius 3 is 2.50 bits per heavy atom. The number of guanidine groups is 1. The van der Waals surface area contributed by atoms with Gasteiger partial charge in [-0.1, -0.05) is 11.6 Å². The lowest BCUT2D eigenvalue weighted by molar-refractivity contribution is 0.230. The molecule has 160 valence electrons. The Hall–Kier alpha value is -0.780. The lowest BCUT2D eigenvalue weighted by atomic mass is 10.3. The number of nitrogens with zero attached hydrogens (tertiary/aromatic N) is 2. The molecule has 0 aliphatic carbocycles. The summed E-state index contributed by atoms with van der Waals surface area (Å²) in [5, 5.41) is 7.18. The largest absolute Gasteiger partial charge is 0.489 e. The van der Waals surface area contributed by atoms with Crippen LogP contribution in [-0.2, 0) is 9.84 Å². The third-order valence-corrected chi connectivity index (χ3v) is 6.02. The molecule has 0 aromatic heterocycles. The molecule has 1 saturated heterocycles. The van der Waals surface area contributed by atoms with Crippen LogP contribution >= 0.6 is 35.6 Å². The minimum absolute atomic E-state index is 0. The van der Waals surface area contributed by atoms with Gasteiger partial charge in [0.15, 0.2) is 15.8 Å². The standard InChI is InChI=1S/C18H29ClN4O3S.HI/c1-3-20-18(21-8-9-23-10-12-27(24,25)13-11-23)22-14-15(2)26-17-6-4-16(19)5-7-17;/h4-7,15H,3,8-14H2,1-2H3,(H2,20,21,22);1H. The van der Waals surface area contributed by atoms with E-state index in [0.717, 1.165) is 24.8 Å². The Morgan fingerprint density at radius 1 is 1.25 bits per heavy atom. The van der Waals surface area contributed by atoms with E-state index >= 15 is 0 Å². The summed E-state index contributed by atoms with van der Waals surface area (Å²) in [5.74, 6) is 2.00. The Labute approximate surface area is 190 Å². The molecule has 28 heavy (non-hydrogen) atoms. The monoisotopic (exact) mass is 544 g/mol. The lowest BCUT2D eigenvalue weighted by Gasteiger charge is -2.26. The van der Waals surface area contributed by atoms with Crippen molar-refractivity contribution in [1.82, 2.24) is 15.5 Å². The first-order chi connectivity index (χ1) is 12.9. The van der Waals surface area contributed by atoms with Crippen LogP contribution in [-0.4, -0.2) is 76.2 Å². The van der Waals surface area contributed by atoms with Gasteiger partial charge in [-0.25, -0.2) is 13.4 Å². The molecule has 0 amide bonds. The van der Waals surface area contributed by atoms with Crippen molar-refractivity contribution in [2.45, 2.75) is 20.0 Å². The number of sulfone groups is 1. The van der Waals surface area contributed by atoms with Crippen molar-refractivity contribution in [1.29, 1.82) is 0 Å². The molecule has 1 atom stereocenters. The van der Waals surface area contributed by atoms with E-state index in [1.807, 2.05) is 26.0 Å². The second-order valence-electron chi connectivity index (χ2n) is 6.52. The molecular formula is C18H30ClIN4O3S. The highest BCUT2D eigenvalue weighted by atomic mass is 127. The van der Waals surface area contributed by atoms with Crippen molar-refractivity contribution >= 4 is 51.4 Å². The summed E-state index contributed by atoms with van der Waals surface area (Å²) in [7, 11) is -2.83. The summed E-state index contributed by atoms with van der Waals surface area (Å²) in [6, 6.07) is 7.27. The van der Waals surface area contributed by atoms with E-state index in [-0.39, 0.29) is 41.6 Å². The summed E-state index contributed by atoms with van der Waals surface area (Å²) in [6.45, 7) is 7.96. The topological polar surface area (TPSA) is 83.0 Å². The van der Waals surface area contributed by atoms with Gasteiger partial charge in [0.25, 0.3) is 0 Å². The summed E-state index contributed by atoms with van der Waals surface area (Å²) >= 11 is 5.88. The minimum Gasteiger partial charge on any atom is -0.489 e. The van der Waals surface area contributed by atoms with Gasteiger partial charge in [-0.15, -0.1) is 24.0 Å². The molecule has 0 saturated carbocycles. The first-order valence-electron chi connectivity index (χ1n) is 9.25. The van der Waals surface area contributed by atoms with Crippen LogP contribution in [0.2, 0.25) is 5.02 Å². The van der Waals surface area contributed by atoms with Crippen LogP contribution in [0.25, 0.3) is 0 Å². The summed E-state index contributed by atoms with van der Waals surface area (Å²) in [5.41, 5.74) is 0. The molecule has 7 nitrogen and oxygen atoms in total. The zero-order valence-electron chi connectivity index (χ0n) is 16.4. The van der Waals surface area contributed by atoms with Crippen LogP contribution in [0.3, 0.4) is 0 Å². The van der Waals surface area contributed by atoms with Crippen molar-refractivity contribution in [3.05, 3.63) is 29.3 Å². The van der Waals surface area contributed by atoms with E-state index in [0.29, 0.717) is 31.2 Å². The SMILES string of the molecule is CCNC(=NCC(C)Oc1ccc(Cl)cc1)NCCN1CCS(=O)(=O)CC1.I. The number of nitrogens with one attached hydrogen (secondary N) is 2. The van der Waals surface area contributed by atoms with Crippen molar-refractivity contribution in [2.75, 3.05) is 50.8 Å². The predicted octanol–water partition coefficient (Wildman–Crippen LogP) is 2.01. The van der Waals surface area contributed by atoms with Crippen LogP contribution in [0.5, 0.6) is 5.75 Å². The zero-order chi connectivity index (χ0) is 19.7. The molecule has 1 aromatic rings. The van der Waals surface area contributed by atoms with Crippen molar-refractivity contribution < 1.29 is 13.2 Å². The van der Waals surface area contributed by atoms with Gasteiger partial charge in [0.05, 0.1) is 18.1 Å². The van der Waals surface area contributed by atoms with Gasteiger partial charge >= 0.3 is 0 Å². The van der Waals surface area contributed by atoms with Gasteiger partial charge in [-0.3, -0.25) is 4.90 Å². The maximum atomic E-state index is 11.5.